The Hall–Kier alpha value is -1.33. The Bertz CT molecular complexity index is 496. The van der Waals surface area contributed by atoms with Gasteiger partial charge in [-0.15, -0.1) is 0 Å². The fourth-order valence-corrected chi connectivity index (χ4v) is 1.86. The molecular weight excluding hydrogens is 296 g/mol. The van der Waals surface area contributed by atoms with Gasteiger partial charge in [0.05, 0.1) is 6.54 Å². The summed E-state index contributed by atoms with van der Waals surface area (Å²) in [5.41, 5.74) is 0. The van der Waals surface area contributed by atoms with Gasteiger partial charge in [0.2, 0.25) is 0 Å². The minimum absolute atomic E-state index is 0.263. The predicted molar refractivity (Wildman–Crippen MR) is 72.6 cm³/mol. The number of rotatable bonds is 5. The normalized spacial score (nSPS) is 12.4. The second-order valence-electron chi connectivity index (χ2n) is 4.05. The molecule has 1 atom stereocenters. The van der Waals surface area contributed by atoms with Crippen LogP contribution in [0.2, 0.25) is 0 Å². The Balaban J connectivity index is 1.83. The molecular formula is C13H15BrN2O2. The van der Waals surface area contributed by atoms with Crippen molar-refractivity contribution in [2.75, 3.05) is 6.61 Å². The molecule has 0 amide bonds. The van der Waals surface area contributed by atoms with Crippen molar-refractivity contribution in [1.82, 2.24) is 9.55 Å². The van der Waals surface area contributed by atoms with Crippen molar-refractivity contribution >= 4 is 15.9 Å². The van der Waals surface area contributed by atoms with Gasteiger partial charge in [-0.05, 0) is 31.2 Å². The van der Waals surface area contributed by atoms with Gasteiger partial charge in [-0.25, -0.2) is 4.98 Å². The zero-order valence-electron chi connectivity index (χ0n) is 10.1. The van der Waals surface area contributed by atoms with Crippen molar-refractivity contribution in [1.29, 1.82) is 0 Å². The first-order chi connectivity index (χ1) is 8.65. The van der Waals surface area contributed by atoms with E-state index in [9.17, 15) is 5.11 Å². The van der Waals surface area contributed by atoms with Gasteiger partial charge in [0.15, 0.2) is 0 Å². The second kappa shape index (κ2) is 6.02. The lowest BCUT2D eigenvalue weighted by molar-refractivity contribution is 0.0919. The summed E-state index contributed by atoms with van der Waals surface area (Å²) in [4.78, 5) is 4.10. The third kappa shape index (κ3) is 3.58. The van der Waals surface area contributed by atoms with E-state index in [1.54, 1.807) is 6.20 Å². The van der Waals surface area contributed by atoms with Crippen molar-refractivity contribution in [3.8, 4) is 5.75 Å². The molecule has 1 aromatic carbocycles. The van der Waals surface area contributed by atoms with E-state index in [1.165, 1.54) is 0 Å². The van der Waals surface area contributed by atoms with Gasteiger partial charge in [-0.3, -0.25) is 0 Å². The van der Waals surface area contributed by atoms with Gasteiger partial charge < -0.3 is 14.4 Å². The molecule has 0 fully saturated rings. The number of benzene rings is 1. The standard InChI is InChI=1S/C13H15BrN2O2/c1-10-15-6-7-16(10)8-12(17)9-18-13-4-2-11(14)3-5-13/h2-7,12,17H,8-9H2,1H3/t12-/m1/s1. The summed E-state index contributed by atoms with van der Waals surface area (Å²) in [7, 11) is 0. The number of aliphatic hydroxyl groups excluding tert-OH is 1. The van der Waals surface area contributed by atoms with E-state index < -0.39 is 6.10 Å². The van der Waals surface area contributed by atoms with E-state index in [0.29, 0.717) is 6.54 Å². The van der Waals surface area contributed by atoms with Crippen LogP contribution in [0.4, 0.5) is 0 Å². The average molecular weight is 311 g/mol. The topological polar surface area (TPSA) is 47.3 Å². The summed E-state index contributed by atoms with van der Waals surface area (Å²) in [6.07, 6.45) is 3.01. The number of aromatic nitrogens is 2. The summed E-state index contributed by atoms with van der Waals surface area (Å²) in [5.74, 6) is 1.64. The molecule has 0 aliphatic heterocycles. The molecule has 0 saturated heterocycles. The zero-order valence-corrected chi connectivity index (χ0v) is 11.7. The van der Waals surface area contributed by atoms with E-state index >= 15 is 0 Å². The molecule has 0 bridgehead atoms. The fraction of sp³-hybridized carbons (Fsp3) is 0.308. The Morgan fingerprint density at radius 2 is 2.11 bits per heavy atom. The summed E-state index contributed by atoms with van der Waals surface area (Å²) < 4.78 is 8.41. The van der Waals surface area contributed by atoms with E-state index in [4.69, 9.17) is 4.74 Å². The summed E-state index contributed by atoms with van der Waals surface area (Å²) in [5, 5.41) is 9.88. The van der Waals surface area contributed by atoms with Gasteiger partial charge in [0.25, 0.3) is 0 Å². The third-order valence-electron chi connectivity index (χ3n) is 2.59. The van der Waals surface area contributed by atoms with Crippen LogP contribution >= 0.6 is 15.9 Å². The lowest BCUT2D eigenvalue weighted by Gasteiger charge is -2.13. The van der Waals surface area contributed by atoms with Crippen molar-refractivity contribution in [3.63, 3.8) is 0 Å². The van der Waals surface area contributed by atoms with Crippen LogP contribution in [0.1, 0.15) is 5.82 Å². The third-order valence-corrected chi connectivity index (χ3v) is 3.12. The van der Waals surface area contributed by atoms with E-state index in [2.05, 4.69) is 20.9 Å². The molecule has 2 aromatic rings. The van der Waals surface area contributed by atoms with Crippen LogP contribution < -0.4 is 4.74 Å². The van der Waals surface area contributed by atoms with E-state index in [1.807, 2.05) is 42.0 Å². The molecule has 0 spiro atoms. The van der Waals surface area contributed by atoms with Gasteiger partial charge >= 0.3 is 0 Å². The van der Waals surface area contributed by atoms with Crippen LogP contribution in [0, 0.1) is 6.92 Å². The molecule has 1 heterocycles. The average Bonchev–Trinajstić information content (AvgIpc) is 2.74. The van der Waals surface area contributed by atoms with Crippen LogP contribution in [-0.2, 0) is 6.54 Å². The molecule has 0 radical (unpaired) electrons. The molecule has 5 heteroatoms. The number of aliphatic hydroxyl groups is 1. The van der Waals surface area contributed by atoms with Crippen molar-refractivity contribution in [2.45, 2.75) is 19.6 Å². The van der Waals surface area contributed by atoms with Crippen LogP contribution in [-0.4, -0.2) is 27.4 Å². The van der Waals surface area contributed by atoms with Crippen LogP contribution in [0.25, 0.3) is 0 Å². The zero-order chi connectivity index (χ0) is 13.0. The first-order valence-corrected chi connectivity index (χ1v) is 6.48. The monoisotopic (exact) mass is 310 g/mol. The number of imidazole rings is 1. The molecule has 18 heavy (non-hydrogen) atoms. The molecule has 0 saturated carbocycles. The SMILES string of the molecule is Cc1nccn1C[C@@H](O)COc1ccc(Br)cc1. The Morgan fingerprint density at radius 1 is 1.39 bits per heavy atom. The summed E-state index contributed by atoms with van der Waals surface area (Å²) in [6, 6.07) is 7.53. The number of hydrogen-bond acceptors (Lipinski definition) is 3. The Labute approximate surface area is 114 Å². The summed E-state index contributed by atoms with van der Waals surface area (Å²) >= 11 is 3.36. The first kappa shape index (κ1) is 13.1. The largest absolute Gasteiger partial charge is 0.491 e. The van der Waals surface area contributed by atoms with Crippen molar-refractivity contribution < 1.29 is 9.84 Å². The summed E-state index contributed by atoms with van der Waals surface area (Å²) in [6.45, 7) is 2.66. The van der Waals surface area contributed by atoms with Gasteiger partial charge in [0, 0.05) is 16.9 Å². The van der Waals surface area contributed by atoms with Crippen molar-refractivity contribution in [3.05, 3.63) is 47.0 Å². The predicted octanol–water partition coefficient (Wildman–Crippen LogP) is 2.39. The number of hydrogen-bond donors (Lipinski definition) is 1. The smallest absolute Gasteiger partial charge is 0.119 e. The first-order valence-electron chi connectivity index (χ1n) is 5.69. The molecule has 0 aliphatic rings. The number of ether oxygens (including phenoxy) is 1. The van der Waals surface area contributed by atoms with Crippen LogP contribution in [0.15, 0.2) is 41.1 Å². The molecule has 0 aliphatic carbocycles. The highest BCUT2D eigenvalue weighted by Gasteiger charge is 2.07. The lowest BCUT2D eigenvalue weighted by Crippen LogP contribution is -2.23. The quantitative estimate of drug-likeness (QED) is 0.922. The highest BCUT2D eigenvalue weighted by atomic mass is 79.9. The molecule has 2 rings (SSSR count). The van der Waals surface area contributed by atoms with Crippen LogP contribution in [0.5, 0.6) is 5.75 Å². The molecule has 0 unspecified atom stereocenters. The Morgan fingerprint density at radius 3 is 2.72 bits per heavy atom. The molecule has 4 nitrogen and oxygen atoms in total. The van der Waals surface area contributed by atoms with E-state index in [0.717, 1.165) is 16.0 Å². The minimum atomic E-state index is -0.554. The highest BCUT2D eigenvalue weighted by Crippen LogP contribution is 2.16. The van der Waals surface area contributed by atoms with Crippen LogP contribution in [0.3, 0.4) is 0 Å². The minimum Gasteiger partial charge on any atom is -0.491 e. The highest BCUT2D eigenvalue weighted by molar-refractivity contribution is 9.10. The molecule has 1 aromatic heterocycles. The van der Waals surface area contributed by atoms with E-state index in [-0.39, 0.29) is 6.61 Å². The lowest BCUT2D eigenvalue weighted by atomic mass is 10.3. The molecule has 1 N–H and O–H groups in total. The van der Waals surface area contributed by atoms with Crippen molar-refractivity contribution in [2.24, 2.45) is 0 Å². The maximum absolute atomic E-state index is 9.88. The molecule has 96 valence electrons. The number of aryl methyl sites for hydroxylation is 1. The fourth-order valence-electron chi connectivity index (χ4n) is 1.60. The maximum atomic E-state index is 9.88. The number of nitrogens with zero attached hydrogens (tertiary/aromatic N) is 2. The number of halogens is 1. The van der Waals surface area contributed by atoms with Gasteiger partial charge in [0.1, 0.15) is 24.3 Å². The second-order valence-corrected chi connectivity index (χ2v) is 4.96. The maximum Gasteiger partial charge on any atom is 0.119 e. The Kier molecular flexibility index (Phi) is 4.38. The van der Waals surface area contributed by atoms with Gasteiger partial charge in [-0.2, -0.15) is 0 Å². The van der Waals surface area contributed by atoms with Gasteiger partial charge in [-0.1, -0.05) is 15.9 Å².